The van der Waals surface area contributed by atoms with Gasteiger partial charge in [0, 0.05) is 15.7 Å². The summed E-state index contributed by atoms with van der Waals surface area (Å²) in [6.45, 7) is 0. The third kappa shape index (κ3) is 1.90. The molecule has 1 aromatic carbocycles. The van der Waals surface area contributed by atoms with Crippen LogP contribution >= 0.6 is 27.5 Å². The molecule has 3 nitrogen and oxygen atoms in total. The number of benzene rings is 1. The number of anilines is 1. The van der Waals surface area contributed by atoms with Crippen molar-refractivity contribution in [3.05, 3.63) is 27.2 Å². The van der Waals surface area contributed by atoms with Crippen molar-refractivity contribution >= 4 is 39.1 Å². The number of rotatable bonds is 0. The summed E-state index contributed by atoms with van der Waals surface area (Å²) in [5.74, 6) is -0.916. The Morgan fingerprint density at radius 1 is 1.44 bits per heavy atom. The molecule has 98 valence electrons. The van der Waals surface area contributed by atoms with Gasteiger partial charge in [-0.15, -0.1) is 0 Å². The Labute approximate surface area is 113 Å². The number of carbonyl (C=O) groups excluding carboxylic acids is 1. The highest BCUT2D eigenvalue weighted by molar-refractivity contribution is 9.10. The summed E-state index contributed by atoms with van der Waals surface area (Å²) in [5.41, 5.74) is -3.95. The Kier molecular flexibility index (Phi) is 3.11. The minimum atomic E-state index is -5.00. The molecular formula is C10H6BrClF3NO2. The molecule has 8 heteroatoms. The van der Waals surface area contributed by atoms with Crippen LogP contribution in [0.3, 0.4) is 0 Å². The SMILES string of the molecule is O=C1CC(O)(C(F)(F)F)c2c(ccc(Br)c2Cl)N1. The largest absolute Gasteiger partial charge is 0.422 e. The van der Waals surface area contributed by atoms with Crippen molar-refractivity contribution in [3.63, 3.8) is 0 Å². The zero-order valence-electron chi connectivity index (χ0n) is 8.61. The van der Waals surface area contributed by atoms with E-state index in [1.807, 2.05) is 0 Å². The van der Waals surface area contributed by atoms with Crippen LogP contribution in [0.2, 0.25) is 5.02 Å². The number of fused-ring (bicyclic) bond motifs is 1. The second-order valence-corrected chi connectivity index (χ2v) is 5.10. The maximum atomic E-state index is 13.0. The van der Waals surface area contributed by atoms with Crippen molar-refractivity contribution in [2.24, 2.45) is 0 Å². The van der Waals surface area contributed by atoms with Crippen molar-refractivity contribution in [1.82, 2.24) is 0 Å². The highest BCUT2D eigenvalue weighted by Gasteiger charge is 2.59. The molecule has 0 aliphatic carbocycles. The van der Waals surface area contributed by atoms with Gasteiger partial charge in [-0.05, 0) is 28.1 Å². The van der Waals surface area contributed by atoms with Crippen LogP contribution in [-0.4, -0.2) is 17.2 Å². The molecule has 0 saturated carbocycles. The summed E-state index contributed by atoms with van der Waals surface area (Å²) in [6, 6.07) is 2.64. The molecule has 1 aliphatic heterocycles. The van der Waals surface area contributed by atoms with Gasteiger partial charge in [-0.3, -0.25) is 4.79 Å². The number of nitrogens with one attached hydrogen (secondary N) is 1. The van der Waals surface area contributed by atoms with Crippen molar-refractivity contribution in [3.8, 4) is 0 Å². The van der Waals surface area contributed by atoms with Gasteiger partial charge in [0.05, 0.1) is 11.4 Å². The van der Waals surface area contributed by atoms with Crippen LogP contribution in [0.5, 0.6) is 0 Å². The lowest BCUT2D eigenvalue weighted by molar-refractivity contribution is -0.267. The molecule has 0 aromatic heterocycles. The van der Waals surface area contributed by atoms with E-state index in [1.54, 1.807) is 0 Å². The van der Waals surface area contributed by atoms with Gasteiger partial charge in [0.2, 0.25) is 5.91 Å². The van der Waals surface area contributed by atoms with Crippen LogP contribution in [0.15, 0.2) is 16.6 Å². The number of halogens is 5. The summed E-state index contributed by atoms with van der Waals surface area (Å²) < 4.78 is 39.2. The molecule has 0 radical (unpaired) electrons. The molecule has 18 heavy (non-hydrogen) atoms. The molecule has 0 spiro atoms. The monoisotopic (exact) mass is 343 g/mol. The topological polar surface area (TPSA) is 49.3 Å². The number of amides is 1. The maximum Gasteiger partial charge on any atom is 0.422 e. The maximum absolute atomic E-state index is 13.0. The third-order valence-corrected chi connectivity index (χ3v) is 3.95. The second-order valence-electron chi connectivity index (χ2n) is 3.87. The molecule has 2 N–H and O–H groups in total. The number of carbonyl (C=O) groups is 1. The van der Waals surface area contributed by atoms with E-state index in [0.29, 0.717) is 0 Å². The Hall–Kier alpha value is -0.790. The van der Waals surface area contributed by atoms with Gasteiger partial charge in [0.1, 0.15) is 0 Å². The standard InChI is InChI=1S/C10H6BrClF3NO2/c11-4-1-2-5-7(8(4)12)9(18,10(13,14)15)3-6(17)16-5/h1-2,18H,3H2,(H,16,17). The molecule has 1 unspecified atom stereocenters. The van der Waals surface area contributed by atoms with E-state index in [1.165, 1.54) is 12.1 Å². The Balaban J connectivity index is 2.75. The summed E-state index contributed by atoms with van der Waals surface area (Å²) in [6.07, 6.45) is -6.11. The molecule has 1 amide bonds. The minimum Gasteiger partial charge on any atom is -0.376 e. The molecule has 0 fully saturated rings. The van der Waals surface area contributed by atoms with E-state index in [4.69, 9.17) is 11.6 Å². The molecule has 0 bridgehead atoms. The van der Waals surface area contributed by atoms with Crippen molar-refractivity contribution in [2.75, 3.05) is 5.32 Å². The normalized spacial score (nSPS) is 23.6. The van der Waals surface area contributed by atoms with Gasteiger partial charge in [-0.1, -0.05) is 11.6 Å². The fourth-order valence-electron chi connectivity index (χ4n) is 1.82. The van der Waals surface area contributed by atoms with E-state index >= 15 is 0 Å². The summed E-state index contributed by atoms with van der Waals surface area (Å²) in [7, 11) is 0. The number of hydrogen-bond acceptors (Lipinski definition) is 2. The smallest absolute Gasteiger partial charge is 0.376 e. The lowest BCUT2D eigenvalue weighted by Gasteiger charge is -2.36. The second kappa shape index (κ2) is 4.11. The Bertz CT molecular complexity index is 535. The highest BCUT2D eigenvalue weighted by atomic mass is 79.9. The lowest BCUT2D eigenvalue weighted by atomic mass is 9.85. The first-order valence-corrected chi connectivity index (χ1v) is 5.91. The molecule has 1 aliphatic rings. The van der Waals surface area contributed by atoms with Crippen LogP contribution in [-0.2, 0) is 10.4 Å². The predicted molar refractivity (Wildman–Crippen MR) is 62.4 cm³/mol. The van der Waals surface area contributed by atoms with Crippen LogP contribution in [0, 0.1) is 0 Å². The van der Waals surface area contributed by atoms with E-state index in [0.717, 1.165) is 0 Å². The molecule has 2 rings (SSSR count). The quantitative estimate of drug-likeness (QED) is 0.759. The van der Waals surface area contributed by atoms with E-state index in [2.05, 4.69) is 21.2 Å². The number of hydrogen-bond donors (Lipinski definition) is 2. The van der Waals surface area contributed by atoms with Gasteiger partial charge in [-0.25, -0.2) is 0 Å². The van der Waals surface area contributed by atoms with Crippen LogP contribution in [0.25, 0.3) is 0 Å². The Morgan fingerprint density at radius 3 is 2.61 bits per heavy atom. The Morgan fingerprint density at radius 2 is 2.06 bits per heavy atom. The van der Waals surface area contributed by atoms with Crippen molar-refractivity contribution in [2.45, 2.75) is 18.2 Å². The number of aliphatic hydroxyl groups is 1. The van der Waals surface area contributed by atoms with Crippen LogP contribution in [0.1, 0.15) is 12.0 Å². The molecule has 0 saturated heterocycles. The fourth-order valence-corrected chi connectivity index (χ4v) is 2.47. The highest BCUT2D eigenvalue weighted by Crippen LogP contribution is 2.50. The molecule has 1 heterocycles. The summed E-state index contributed by atoms with van der Waals surface area (Å²) in [5, 5.41) is 11.8. The van der Waals surface area contributed by atoms with Gasteiger partial charge < -0.3 is 10.4 Å². The number of alkyl halides is 3. The van der Waals surface area contributed by atoms with Gasteiger partial charge in [0.15, 0.2) is 5.60 Å². The van der Waals surface area contributed by atoms with Gasteiger partial charge in [-0.2, -0.15) is 13.2 Å². The van der Waals surface area contributed by atoms with Crippen molar-refractivity contribution < 1.29 is 23.1 Å². The minimum absolute atomic E-state index is 0.140. The first-order valence-electron chi connectivity index (χ1n) is 4.74. The zero-order valence-corrected chi connectivity index (χ0v) is 10.9. The first-order chi connectivity index (χ1) is 8.17. The molecule has 1 aromatic rings. The van der Waals surface area contributed by atoms with Crippen LogP contribution in [0.4, 0.5) is 18.9 Å². The third-order valence-electron chi connectivity index (χ3n) is 2.67. The first kappa shape index (κ1) is 13.6. The van der Waals surface area contributed by atoms with Crippen LogP contribution < -0.4 is 5.32 Å². The van der Waals surface area contributed by atoms with E-state index in [9.17, 15) is 23.1 Å². The fraction of sp³-hybridized carbons (Fsp3) is 0.300. The molecular weight excluding hydrogens is 338 g/mol. The molecule has 1 atom stereocenters. The lowest BCUT2D eigenvalue weighted by Crippen LogP contribution is -2.48. The average molecular weight is 345 g/mol. The van der Waals surface area contributed by atoms with Gasteiger partial charge in [0.25, 0.3) is 0 Å². The van der Waals surface area contributed by atoms with Crippen molar-refractivity contribution in [1.29, 1.82) is 0 Å². The predicted octanol–water partition coefficient (Wildman–Crippen LogP) is 3.19. The van der Waals surface area contributed by atoms with E-state index < -0.39 is 29.7 Å². The van der Waals surface area contributed by atoms with Gasteiger partial charge >= 0.3 is 6.18 Å². The van der Waals surface area contributed by atoms with E-state index in [-0.39, 0.29) is 15.2 Å². The average Bonchev–Trinajstić information content (AvgIpc) is 2.21. The summed E-state index contributed by atoms with van der Waals surface area (Å²) in [4.78, 5) is 11.3. The zero-order chi connectivity index (χ0) is 13.7. The summed E-state index contributed by atoms with van der Waals surface area (Å²) >= 11 is 8.78.